The Labute approximate surface area is 171 Å². The summed E-state index contributed by atoms with van der Waals surface area (Å²) in [6, 6.07) is 5.30. The molecule has 29 heavy (non-hydrogen) atoms. The van der Waals surface area contributed by atoms with Gasteiger partial charge in [0.25, 0.3) is 5.69 Å². The highest BCUT2D eigenvalue weighted by atomic mass is 32.2. The molecule has 0 aliphatic carbocycles. The van der Waals surface area contributed by atoms with Gasteiger partial charge in [0.05, 0.1) is 36.0 Å². The van der Waals surface area contributed by atoms with E-state index in [2.05, 4.69) is 4.99 Å². The van der Waals surface area contributed by atoms with Crippen molar-refractivity contribution in [2.75, 3.05) is 13.7 Å². The Bertz CT molecular complexity index is 997. The molecule has 2 aliphatic rings. The van der Waals surface area contributed by atoms with Crippen molar-refractivity contribution in [2.24, 2.45) is 4.99 Å². The fourth-order valence-corrected chi connectivity index (χ4v) is 4.35. The Morgan fingerprint density at radius 3 is 2.66 bits per heavy atom. The molecule has 1 aromatic carbocycles. The summed E-state index contributed by atoms with van der Waals surface area (Å²) >= 11 is 1.15. The molecule has 0 unspecified atom stereocenters. The van der Waals surface area contributed by atoms with Crippen LogP contribution in [0.15, 0.2) is 51.1 Å². The molecule has 0 fully saturated rings. The Kier molecular flexibility index (Phi) is 5.73. The van der Waals surface area contributed by atoms with Gasteiger partial charge in [-0.1, -0.05) is 12.1 Å². The number of ether oxygens (including phenoxy) is 2. The summed E-state index contributed by atoms with van der Waals surface area (Å²) < 4.78 is 10.1. The van der Waals surface area contributed by atoms with Gasteiger partial charge in [0.1, 0.15) is 4.91 Å². The number of benzene rings is 1. The lowest BCUT2D eigenvalue weighted by atomic mass is 9.94. The monoisotopic (exact) mass is 417 g/mol. The molecule has 152 valence electrons. The van der Waals surface area contributed by atoms with Crippen LogP contribution < -0.4 is 0 Å². The number of amidine groups is 1. The van der Waals surface area contributed by atoms with Crippen LogP contribution in [0.3, 0.4) is 0 Å². The summed E-state index contributed by atoms with van der Waals surface area (Å²) in [5.41, 5.74) is 1.63. The van der Waals surface area contributed by atoms with Crippen LogP contribution in [-0.2, 0) is 19.1 Å². The Morgan fingerprint density at radius 1 is 1.31 bits per heavy atom. The first kappa shape index (κ1) is 20.6. The lowest BCUT2D eigenvalue weighted by molar-refractivity contribution is -0.384. The largest absolute Gasteiger partial charge is 0.466 e. The molecule has 2 aliphatic heterocycles. The van der Waals surface area contributed by atoms with E-state index < -0.39 is 22.9 Å². The number of fused-ring (bicyclic) bond motifs is 1. The maximum atomic E-state index is 12.6. The van der Waals surface area contributed by atoms with Gasteiger partial charge < -0.3 is 14.4 Å². The Balaban J connectivity index is 2.19. The van der Waals surface area contributed by atoms with Crippen LogP contribution in [0.1, 0.15) is 32.4 Å². The quantitative estimate of drug-likeness (QED) is 0.408. The van der Waals surface area contributed by atoms with Gasteiger partial charge in [-0.2, -0.15) is 0 Å². The molecule has 1 atom stereocenters. The summed E-state index contributed by atoms with van der Waals surface area (Å²) in [6.45, 7) is 5.33. The number of carbonyl (C=O) groups is 2. The second-order valence-electron chi connectivity index (χ2n) is 6.25. The fraction of sp³-hybridized carbons (Fsp3) is 0.316. The maximum absolute atomic E-state index is 12.6. The van der Waals surface area contributed by atoms with Crippen LogP contribution in [0.2, 0.25) is 0 Å². The molecule has 3 rings (SSSR count). The summed E-state index contributed by atoms with van der Waals surface area (Å²) in [6.07, 6.45) is 0. The summed E-state index contributed by atoms with van der Waals surface area (Å²) in [5.74, 6) is -1.08. The molecular weight excluding hydrogens is 398 g/mol. The van der Waals surface area contributed by atoms with Gasteiger partial charge in [0.2, 0.25) is 0 Å². The van der Waals surface area contributed by atoms with Gasteiger partial charge >= 0.3 is 11.9 Å². The number of carbonyl (C=O) groups excluding carboxylic acids is 2. The highest BCUT2D eigenvalue weighted by Crippen LogP contribution is 2.47. The molecule has 10 heteroatoms. The van der Waals surface area contributed by atoms with Crippen molar-refractivity contribution in [3.05, 3.63) is 61.8 Å². The van der Waals surface area contributed by atoms with Crippen LogP contribution in [0.4, 0.5) is 5.69 Å². The lowest BCUT2D eigenvalue weighted by Gasteiger charge is -2.35. The van der Waals surface area contributed by atoms with E-state index in [4.69, 9.17) is 9.47 Å². The smallest absolute Gasteiger partial charge is 0.346 e. The molecule has 0 radical (unpaired) electrons. The number of hydrogen-bond acceptors (Lipinski definition) is 9. The highest BCUT2D eigenvalue weighted by molar-refractivity contribution is 8.18. The van der Waals surface area contributed by atoms with Crippen LogP contribution >= 0.6 is 11.8 Å². The molecule has 0 bridgehead atoms. The van der Waals surface area contributed by atoms with Crippen LogP contribution in [-0.4, -0.2) is 40.6 Å². The van der Waals surface area contributed by atoms with Crippen molar-refractivity contribution in [1.29, 1.82) is 0 Å². The Hall–Kier alpha value is -3.14. The van der Waals surface area contributed by atoms with Gasteiger partial charge in [-0.15, -0.1) is 0 Å². The van der Waals surface area contributed by atoms with Crippen LogP contribution in [0, 0.1) is 10.1 Å². The van der Waals surface area contributed by atoms with Crippen molar-refractivity contribution in [3.8, 4) is 0 Å². The standard InChI is InChI=1S/C19H19N3O6S/c1-5-28-18(24)16-11(3)21-15(12-7-6-8-13(9-12)22(25)26)14(17(23)27-4)10(2)20-19(21)29-16/h6-9,15H,5H2,1-4H3/t15-/m1/s1. The van der Waals surface area contributed by atoms with Crippen molar-refractivity contribution in [2.45, 2.75) is 26.8 Å². The van der Waals surface area contributed by atoms with Crippen molar-refractivity contribution >= 4 is 34.6 Å². The lowest BCUT2D eigenvalue weighted by Crippen LogP contribution is -2.36. The molecular formula is C19H19N3O6S. The van der Waals surface area contributed by atoms with Crippen LogP contribution in [0.25, 0.3) is 0 Å². The second-order valence-corrected chi connectivity index (χ2v) is 7.22. The van der Waals surface area contributed by atoms with Gasteiger partial charge in [-0.3, -0.25) is 10.1 Å². The number of hydrogen-bond donors (Lipinski definition) is 0. The normalized spacial score (nSPS) is 18.4. The Morgan fingerprint density at radius 2 is 2.03 bits per heavy atom. The number of methoxy groups -OCH3 is 1. The zero-order valence-corrected chi connectivity index (χ0v) is 17.1. The number of non-ortho nitro benzene ring substituents is 1. The van der Waals surface area contributed by atoms with Gasteiger partial charge in [-0.25, -0.2) is 14.6 Å². The molecule has 0 amide bonds. The zero-order valence-electron chi connectivity index (χ0n) is 16.3. The number of nitro groups is 1. The minimum Gasteiger partial charge on any atom is -0.466 e. The van der Waals surface area contributed by atoms with Gasteiger partial charge in [-0.05, 0) is 38.1 Å². The van der Waals surface area contributed by atoms with E-state index in [9.17, 15) is 19.7 Å². The fourth-order valence-electron chi connectivity index (χ4n) is 3.26. The third-order valence-corrected chi connectivity index (χ3v) is 5.67. The number of allylic oxidation sites excluding steroid dienone is 2. The molecule has 0 saturated carbocycles. The van der Waals surface area contributed by atoms with Gasteiger partial charge in [0, 0.05) is 17.8 Å². The average Bonchev–Trinajstić information content (AvgIpc) is 3.02. The number of nitrogens with zero attached hydrogens (tertiary/aromatic N) is 3. The molecule has 0 saturated heterocycles. The average molecular weight is 417 g/mol. The number of aliphatic imine (C=N–C) groups is 1. The van der Waals surface area contributed by atoms with Crippen molar-refractivity contribution in [1.82, 2.24) is 4.90 Å². The summed E-state index contributed by atoms with van der Waals surface area (Å²) in [7, 11) is 1.26. The third-order valence-electron chi connectivity index (χ3n) is 4.54. The first-order chi connectivity index (χ1) is 13.8. The predicted molar refractivity (Wildman–Crippen MR) is 107 cm³/mol. The van der Waals surface area contributed by atoms with E-state index in [-0.39, 0.29) is 17.9 Å². The molecule has 0 N–H and O–H groups in total. The van der Waals surface area contributed by atoms with E-state index in [0.29, 0.717) is 27.0 Å². The van der Waals surface area contributed by atoms with Crippen molar-refractivity contribution in [3.63, 3.8) is 0 Å². The molecule has 1 aromatic rings. The topological polar surface area (TPSA) is 111 Å². The molecule has 2 heterocycles. The first-order valence-electron chi connectivity index (χ1n) is 8.77. The summed E-state index contributed by atoms with van der Waals surface area (Å²) in [4.78, 5) is 42.2. The first-order valence-corrected chi connectivity index (χ1v) is 9.59. The number of esters is 2. The van der Waals surface area contributed by atoms with E-state index in [1.54, 1.807) is 37.8 Å². The van der Waals surface area contributed by atoms with Gasteiger partial charge in [0.15, 0.2) is 5.17 Å². The van der Waals surface area contributed by atoms with Crippen LogP contribution in [0.5, 0.6) is 0 Å². The molecule has 9 nitrogen and oxygen atoms in total. The summed E-state index contributed by atoms with van der Waals surface area (Å²) in [5, 5.41) is 11.8. The minimum absolute atomic E-state index is 0.104. The van der Waals surface area contributed by atoms with E-state index in [0.717, 1.165) is 11.8 Å². The third kappa shape index (κ3) is 3.63. The second kappa shape index (κ2) is 8.08. The minimum atomic E-state index is -0.728. The van der Waals surface area contributed by atoms with Crippen molar-refractivity contribution < 1.29 is 24.0 Å². The molecule has 0 aromatic heterocycles. The SMILES string of the molecule is CCOC(=O)C1=C(C)N2C(=NC(C)=C(C(=O)OC)[C@H]2c2cccc([N+](=O)[O-])c2)S1. The molecule has 0 spiro atoms. The number of nitro benzene ring substituents is 1. The number of rotatable bonds is 5. The predicted octanol–water partition coefficient (Wildman–Crippen LogP) is 3.30. The number of thioether (sulfide) groups is 1. The highest BCUT2D eigenvalue weighted by Gasteiger charge is 2.43. The van der Waals surface area contributed by atoms with E-state index in [1.165, 1.54) is 19.2 Å². The van der Waals surface area contributed by atoms with E-state index in [1.807, 2.05) is 0 Å². The maximum Gasteiger partial charge on any atom is 0.346 e. The zero-order chi connectivity index (χ0) is 21.3. The van der Waals surface area contributed by atoms with E-state index >= 15 is 0 Å².